The second-order valence-electron chi connectivity index (χ2n) is 5.35. The standard InChI is InChI=1S/C13H27N3.HI/c1-11(2)7-8-15-13(14-4)16-9-5-6-12(3)10-16;/h11-12H,5-10H2,1-4H3,(H,14,15);1H. The molecule has 0 amide bonds. The Morgan fingerprint density at radius 3 is 2.71 bits per heavy atom. The lowest BCUT2D eigenvalue weighted by Crippen LogP contribution is -2.46. The van der Waals surface area contributed by atoms with Crippen LogP contribution in [0.5, 0.6) is 0 Å². The van der Waals surface area contributed by atoms with Gasteiger partial charge in [-0.2, -0.15) is 0 Å². The van der Waals surface area contributed by atoms with Gasteiger partial charge in [0.15, 0.2) is 5.96 Å². The predicted molar refractivity (Wildman–Crippen MR) is 86.2 cm³/mol. The number of aliphatic imine (C=N–C) groups is 1. The monoisotopic (exact) mass is 353 g/mol. The van der Waals surface area contributed by atoms with E-state index in [1.54, 1.807) is 0 Å². The van der Waals surface area contributed by atoms with Crippen molar-refractivity contribution in [2.75, 3.05) is 26.7 Å². The van der Waals surface area contributed by atoms with Gasteiger partial charge < -0.3 is 10.2 Å². The fourth-order valence-electron chi connectivity index (χ4n) is 2.19. The molecule has 1 unspecified atom stereocenters. The fourth-order valence-corrected chi connectivity index (χ4v) is 2.19. The molecule has 0 aromatic rings. The van der Waals surface area contributed by atoms with Crippen LogP contribution in [0.15, 0.2) is 4.99 Å². The lowest BCUT2D eigenvalue weighted by atomic mass is 10.0. The maximum absolute atomic E-state index is 4.37. The van der Waals surface area contributed by atoms with Crippen molar-refractivity contribution in [3.05, 3.63) is 0 Å². The first-order valence-electron chi connectivity index (χ1n) is 6.59. The zero-order chi connectivity index (χ0) is 12.0. The lowest BCUT2D eigenvalue weighted by Gasteiger charge is -2.33. The van der Waals surface area contributed by atoms with Crippen LogP contribution < -0.4 is 5.32 Å². The summed E-state index contributed by atoms with van der Waals surface area (Å²) in [5.41, 5.74) is 0. The number of rotatable bonds is 3. The van der Waals surface area contributed by atoms with Crippen molar-refractivity contribution < 1.29 is 0 Å². The Bertz CT molecular complexity index is 229. The van der Waals surface area contributed by atoms with Crippen LogP contribution in [0.1, 0.15) is 40.0 Å². The second kappa shape index (κ2) is 9.00. The highest BCUT2D eigenvalue weighted by atomic mass is 127. The van der Waals surface area contributed by atoms with Gasteiger partial charge in [-0.15, -0.1) is 24.0 Å². The molecule has 0 spiro atoms. The molecular formula is C13H28IN3. The van der Waals surface area contributed by atoms with Crippen molar-refractivity contribution >= 4 is 29.9 Å². The topological polar surface area (TPSA) is 27.6 Å². The average molecular weight is 353 g/mol. The summed E-state index contributed by atoms with van der Waals surface area (Å²) in [6, 6.07) is 0. The van der Waals surface area contributed by atoms with E-state index in [1.807, 2.05) is 7.05 Å². The minimum atomic E-state index is 0. The van der Waals surface area contributed by atoms with Crippen LogP contribution in [-0.4, -0.2) is 37.5 Å². The molecule has 17 heavy (non-hydrogen) atoms. The van der Waals surface area contributed by atoms with E-state index in [-0.39, 0.29) is 24.0 Å². The normalized spacial score (nSPS) is 21.4. The molecule has 3 nitrogen and oxygen atoms in total. The molecule has 1 heterocycles. The van der Waals surface area contributed by atoms with Gasteiger partial charge in [-0.3, -0.25) is 4.99 Å². The zero-order valence-corrected chi connectivity index (χ0v) is 14.0. The number of nitrogens with zero attached hydrogens (tertiary/aromatic N) is 2. The van der Waals surface area contributed by atoms with Crippen LogP contribution in [0.3, 0.4) is 0 Å². The SMILES string of the molecule is CN=C(NCCC(C)C)N1CCCC(C)C1.I. The summed E-state index contributed by atoms with van der Waals surface area (Å²) in [5.74, 6) is 2.65. The van der Waals surface area contributed by atoms with E-state index < -0.39 is 0 Å². The van der Waals surface area contributed by atoms with E-state index >= 15 is 0 Å². The van der Waals surface area contributed by atoms with Crippen LogP contribution in [0.2, 0.25) is 0 Å². The molecule has 1 aliphatic heterocycles. The van der Waals surface area contributed by atoms with Gasteiger partial charge in [-0.1, -0.05) is 20.8 Å². The first kappa shape index (κ1) is 17.0. The van der Waals surface area contributed by atoms with Crippen molar-refractivity contribution in [1.29, 1.82) is 0 Å². The molecule has 1 rings (SSSR count). The Morgan fingerprint density at radius 2 is 2.18 bits per heavy atom. The van der Waals surface area contributed by atoms with E-state index in [0.29, 0.717) is 0 Å². The zero-order valence-electron chi connectivity index (χ0n) is 11.7. The summed E-state index contributed by atoms with van der Waals surface area (Å²) in [6.07, 6.45) is 3.87. The minimum Gasteiger partial charge on any atom is -0.356 e. The molecule has 1 saturated heterocycles. The van der Waals surface area contributed by atoms with Crippen LogP contribution >= 0.6 is 24.0 Å². The fraction of sp³-hybridized carbons (Fsp3) is 0.923. The highest BCUT2D eigenvalue weighted by molar-refractivity contribution is 14.0. The summed E-state index contributed by atoms with van der Waals surface area (Å²) in [7, 11) is 1.89. The number of piperidine rings is 1. The van der Waals surface area contributed by atoms with E-state index in [0.717, 1.165) is 37.4 Å². The Balaban J connectivity index is 0.00000256. The van der Waals surface area contributed by atoms with Crippen LogP contribution in [0.4, 0.5) is 0 Å². The van der Waals surface area contributed by atoms with E-state index in [4.69, 9.17) is 0 Å². The highest BCUT2D eigenvalue weighted by Gasteiger charge is 2.18. The number of nitrogens with one attached hydrogen (secondary N) is 1. The molecule has 0 aromatic carbocycles. The van der Waals surface area contributed by atoms with Gasteiger partial charge in [0.05, 0.1) is 0 Å². The van der Waals surface area contributed by atoms with Crippen LogP contribution in [0, 0.1) is 11.8 Å². The predicted octanol–water partition coefficient (Wildman–Crippen LogP) is 2.96. The summed E-state index contributed by atoms with van der Waals surface area (Å²) in [5, 5.41) is 3.47. The third-order valence-corrected chi connectivity index (χ3v) is 3.17. The molecule has 1 atom stereocenters. The van der Waals surface area contributed by atoms with Gasteiger partial charge in [0, 0.05) is 26.7 Å². The Hall–Kier alpha value is 0. The smallest absolute Gasteiger partial charge is 0.193 e. The molecule has 0 radical (unpaired) electrons. The number of hydrogen-bond acceptors (Lipinski definition) is 1. The molecule has 0 bridgehead atoms. The second-order valence-corrected chi connectivity index (χ2v) is 5.35. The molecule has 1 fully saturated rings. The quantitative estimate of drug-likeness (QED) is 0.480. The van der Waals surface area contributed by atoms with E-state index in [9.17, 15) is 0 Å². The maximum Gasteiger partial charge on any atom is 0.193 e. The maximum atomic E-state index is 4.37. The molecule has 1 N–H and O–H groups in total. The highest BCUT2D eigenvalue weighted by Crippen LogP contribution is 2.15. The van der Waals surface area contributed by atoms with E-state index in [1.165, 1.54) is 19.3 Å². The minimum absolute atomic E-state index is 0. The number of hydrogen-bond donors (Lipinski definition) is 1. The summed E-state index contributed by atoms with van der Waals surface area (Å²) >= 11 is 0. The number of guanidine groups is 1. The van der Waals surface area contributed by atoms with Crippen molar-refractivity contribution in [1.82, 2.24) is 10.2 Å². The third-order valence-electron chi connectivity index (χ3n) is 3.17. The first-order valence-corrected chi connectivity index (χ1v) is 6.59. The largest absolute Gasteiger partial charge is 0.356 e. The third kappa shape index (κ3) is 6.48. The Labute approximate surface area is 123 Å². The molecule has 0 saturated carbocycles. The van der Waals surface area contributed by atoms with Gasteiger partial charge >= 0.3 is 0 Å². The number of halogens is 1. The van der Waals surface area contributed by atoms with Gasteiger partial charge in [-0.05, 0) is 31.1 Å². The van der Waals surface area contributed by atoms with E-state index in [2.05, 4.69) is 36.0 Å². The van der Waals surface area contributed by atoms with Gasteiger partial charge in [0.25, 0.3) is 0 Å². The van der Waals surface area contributed by atoms with Crippen molar-refractivity contribution in [3.63, 3.8) is 0 Å². The van der Waals surface area contributed by atoms with Gasteiger partial charge in [0.1, 0.15) is 0 Å². The Kier molecular flexibility index (Phi) is 9.00. The molecule has 102 valence electrons. The molecule has 0 aromatic heterocycles. The van der Waals surface area contributed by atoms with Gasteiger partial charge in [0.2, 0.25) is 0 Å². The molecular weight excluding hydrogens is 325 g/mol. The Morgan fingerprint density at radius 1 is 1.47 bits per heavy atom. The average Bonchev–Trinajstić information content (AvgIpc) is 2.24. The number of likely N-dealkylation sites (tertiary alicyclic amines) is 1. The first-order chi connectivity index (χ1) is 7.63. The van der Waals surface area contributed by atoms with Gasteiger partial charge in [-0.25, -0.2) is 0 Å². The summed E-state index contributed by atoms with van der Waals surface area (Å²) < 4.78 is 0. The summed E-state index contributed by atoms with van der Waals surface area (Å²) in [6.45, 7) is 10.2. The molecule has 4 heteroatoms. The van der Waals surface area contributed by atoms with Crippen molar-refractivity contribution in [2.24, 2.45) is 16.8 Å². The van der Waals surface area contributed by atoms with Crippen LogP contribution in [-0.2, 0) is 0 Å². The van der Waals surface area contributed by atoms with Crippen molar-refractivity contribution in [3.8, 4) is 0 Å². The van der Waals surface area contributed by atoms with Crippen LogP contribution in [0.25, 0.3) is 0 Å². The molecule has 1 aliphatic rings. The van der Waals surface area contributed by atoms with Crippen molar-refractivity contribution in [2.45, 2.75) is 40.0 Å². The summed E-state index contributed by atoms with van der Waals surface area (Å²) in [4.78, 5) is 6.77. The lowest BCUT2D eigenvalue weighted by molar-refractivity contribution is 0.265. The molecule has 0 aliphatic carbocycles.